The maximum absolute atomic E-state index is 12.8. The van der Waals surface area contributed by atoms with Gasteiger partial charge in [0, 0.05) is 29.4 Å². The Morgan fingerprint density at radius 3 is 2.33 bits per heavy atom. The molecule has 0 spiro atoms. The number of carbonyl (C=O) groups excluding carboxylic acids is 2. The Hall–Kier alpha value is -3.20. The Bertz CT molecular complexity index is 1290. The van der Waals surface area contributed by atoms with Crippen LogP contribution in [-0.2, 0) is 16.6 Å². The van der Waals surface area contributed by atoms with Crippen molar-refractivity contribution in [2.75, 3.05) is 5.32 Å². The first-order valence-electron chi connectivity index (χ1n) is 10.4. The molecule has 1 aliphatic rings. The molecule has 2 amide bonds. The number of amides is 2. The Kier molecular flexibility index (Phi) is 6.78. The van der Waals surface area contributed by atoms with Crippen LogP contribution < -0.4 is 15.4 Å². The number of hydrogen-bond acceptors (Lipinski definition) is 4. The summed E-state index contributed by atoms with van der Waals surface area (Å²) in [5.74, 6) is -0.719. The minimum atomic E-state index is -3.96. The van der Waals surface area contributed by atoms with Crippen LogP contribution in [0, 0.1) is 0 Å². The molecule has 1 fully saturated rings. The van der Waals surface area contributed by atoms with E-state index >= 15 is 0 Å². The third-order valence-electron chi connectivity index (χ3n) is 5.09. The second-order valence-electron chi connectivity index (χ2n) is 7.74. The third-order valence-corrected chi connectivity index (χ3v) is 6.97. The van der Waals surface area contributed by atoms with Crippen LogP contribution in [0.3, 0.4) is 0 Å². The molecule has 0 radical (unpaired) electrons. The highest BCUT2D eigenvalue weighted by Gasteiger charge is 2.24. The van der Waals surface area contributed by atoms with Gasteiger partial charge in [-0.2, -0.15) is 0 Å². The smallest absolute Gasteiger partial charge is 0.255 e. The van der Waals surface area contributed by atoms with E-state index in [9.17, 15) is 18.0 Å². The molecule has 170 valence electrons. The van der Waals surface area contributed by atoms with E-state index in [2.05, 4.69) is 15.4 Å². The molecule has 0 saturated heterocycles. The molecule has 0 aliphatic heterocycles. The molecule has 0 atom stereocenters. The van der Waals surface area contributed by atoms with Gasteiger partial charge in [0.25, 0.3) is 11.8 Å². The summed E-state index contributed by atoms with van der Waals surface area (Å²) in [6.45, 7) is 0.0889. The van der Waals surface area contributed by atoms with Crippen molar-refractivity contribution in [1.82, 2.24) is 10.0 Å². The largest absolute Gasteiger partial charge is 0.349 e. The number of halogens is 1. The SMILES string of the molecule is O=C(Nc1cccc(C(=O)NC2CC2)c1)c1ccc(Cl)c(S(=O)(=O)NCc2ccccc2)c1. The fourth-order valence-electron chi connectivity index (χ4n) is 3.14. The highest BCUT2D eigenvalue weighted by molar-refractivity contribution is 7.89. The van der Waals surface area contributed by atoms with Crippen LogP contribution in [0.25, 0.3) is 0 Å². The second kappa shape index (κ2) is 9.74. The predicted octanol–water partition coefficient (Wildman–Crippen LogP) is 3.96. The van der Waals surface area contributed by atoms with Crippen molar-refractivity contribution in [3.63, 3.8) is 0 Å². The number of nitrogens with one attached hydrogen (secondary N) is 3. The number of sulfonamides is 1. The number of hydrogen-bond donors (Lipinski definition) is 3. The average Bonchev–Trinajstić information content (AvgIpc) is 3.63. The lowest BCUT2D eigenvalue weighted by Crippen LogP contribution is -2.25. The standard InChI is InChI=1S/C24H22ClN3O4S/c25-21-12-9-18(14-22(21)33(31,32)26-15-16-5-2-1-3-6-16)24(30)28-20-8-4-7-17(13-20)23(29)27-19-10-11-19/h1-9,12-14,19,26H,10-11,15H2,(H,27,29)(H,28,30). The van der Waals surface area contributed by atoms with Crippen molar-refractivity contribution in [1.29, 1.82) is 0 Å². The van der Waals surface area contributed by atoms with Crippen LogP contribution >= 0.6 is 11.6 Å². The van der Waals surface area contributed by atoms with E-state index in [4.69, 9.17) is 11.6 Å². The first-order valence-corrected chi connectivity index (χ1v) is 12.2. The molecule has 1 saturated carbocycles. The topological polar surface area (TPSA) is 104 Å². The summed E-state index contributed by atoms with van der Waals surface area (Å²) in [7, 11) is -3.96. The maximum Gasteiger partial charge on any atom is 0.255 e. The normalized spacial score (nSPS) is 13.4. The van der Waals surface area contributed by atoms with Crippen molar-refractivity contribution in [2.45, 2.75) is 30.3 Å². The molecular formula is C24H22ClN3O4S. The minimum Gasteiger partial charge on any atom is -0.349 e. The molecule has 7 nitrogen and oxygen atoms in total. The molecule has 3 aromatic carbocycles. The first kappa shape index (κ1) is 23.0. The average molecular weight is 484 g/mol. The Labute approximate surface area is 197 Å². The molecule has 0 unspecified atom stereocenters. The molecule has 33 heavy (non-hydrogen) atoms. The van der Waals surface area contributed by atoms with Gasteiger partial charge in [-0.3, -0.25) is 9.59 Å². The fraction of sp³-hybridized carbons (Fsp3) is 0.167. The Morgan fingerprint density at radius 1 is 0.879 bits per heavy atom. The number of carbonyl (C=O) groups is 2. The van der Waals surface area contributed by atoms with Crippen LogP contribution in [0.5, 0.6) is 0 Å². The predicted molar refractivity (Wildman–Crippen MR) is 127 cm³/mol. The van der Waals surface area contributed by atoms with Gasteiger partial charge in [-0.1, -0.05) is 48.0 Å². The zero-order valence-corrected chi connectivity index (χ0v) is 19.1. The van der Waals surface area contributed by atoms with Gasteiger partial charge in [-0.05, 0) is 54.8 Å². The zero-order valence-electron chi connectivity index (χ0n) is 17.5. The molecular weight excluding hydrogens is 462 g/mol. The van der Waals surface area contributed by atoms with Gasteiger partial charge in [0.2, 0.25) is 10.0 Å². The third kappa shape index (κ3) is 5.98. The van der Waals surface area contributed by atoms with Crippen LogP contribution in [0.1, 0.15) is 39.1 Å². The lowest BCUT2D eigenvalue weighted by Gasteiger charge is -2.11. The van der Waals surface area contributed by atoms with Gasteiger partial charge in [-0.15, -0.1) is 0 Å². The summed E-state index contributed by atoms with van der Waals surface area (Å²) in [4.78, 5) is 24.8. The van der Waals surface area contributed by atoms with Crippen molar-refractivity contribution in [3.8, 4) is 0 Å². The van der Waals surface area contributed by atoms with Crippen molar-refractivity contribution in [2.24, 2.45) is 0 Å². The number of benzene rings is 3. The quantitative estimate of drug-likeness (QED) is 0.451. The minimum absolute atomic E-state index is 0.00542. The summed E-state index contributed by atoms with van der Waals surface area (Å²) < 4.78 is 28.1. The van der Waals surface area contributed by atoms with E-state index in [0.29, 0.717) is 11.3 Å². The van der Waals surface area contributed by atoms with E-state index in [1.54, 1.807) is 36.4 Å². The molecule has 4 rings (SSSR count). The number of rotatable bonds is 8. The van der Waals surface area contributed by atoms with Gasteiger partial charge in [0.1, 0.15) is 4.90 Å². The van der Waals surface area contributed by atoms with Gasteiger partial charge < -0.3 is 10.6 Å². The van der Waals surface area contributed by atoms with E-state index in [0.717, 1.165) is 18.4 Å². The lowest BCUT2D eigenvalue weighted by molar-refractivity contribution is 0.0949. The Morgan fingerprint density at radius 2 is 1.61 bits per heavy atom. The van der Waals surface area contributed by atoms with E-state index in [-0.39, 0.29) is 34.0 Å². The zero-order chi connectivity index (χ0) is 23.4. The molecule has 3 aromatic rings. The van der Waals surface area contributed by atoms with Gasteiger partial charge in [0.15, 0.2) is 0 Å². The highest BCUT2D eigenvalue weighted by atomic mass is 35.5. The van der Waals surface area contributed by atoms with Crippen molar-refractivity contribution >= 4 is 39.1 Å². The summed E-state index contributed by atoms with van der Waals surface area (Å²) in [5.41, 5.74) is 1.76. The summed E-state index contributed by atoms with van der Waals surface area (Å²) >= 11 is 6.13. The van der Waals surface area contributed by atoms with Crippen LogP contribution in [0.15, 0.2) is 77.7 Å². The molecule has 0 aromatic heterocycles. The lowest BCUT2D eigenvalue weighted by atomic mass is 10.1. The van der Waals surface area contributed by atoms with E-state index in [1.165, 1.54) is 18.2 Å². The van der Waals surface area contributed by atoms with Crippen LogP contribution in [0.4, 0.5) is 5.69 Å². The van der Waals surface area contributed by atoms with Crippen molar-refractivity contribution in [3.05, 3.63) is 94.5 Å². The second-order valence-corrected chi connectivity index (χ2v) is 9.88. The number of anilines is 1. The molecule has 0 heterocycles. The molecule has 1 aliphatic carbocycles. The summed E-state index contributed by atoms with van der Waals surface area (Å²) in [6, 6.07) is 19.9. The van der Waals surface area contributed by atoms with E-state index in [1.807, 2.05) is 18.2 Å². The van der Waals surface area contributed by atoms with Crippen LogP contribution in [0.2, 0.25) is 5.02 Å². The van der Waals surface area contributed by atoms with Crippen LogP contribution in [-0.4, -0.2) is 26.3 Å². The van der Waals surface area contributed by atoms with Gasteiger partial charge in [-0.25, -0.2) is 13.1 Å². The van der Waals surface area contributed by atoms with Crippen molar-refractivity contribution < 1.29 is 18.0 Å². The van der Waals surface area contributed by atoms with Gasteiger partial charge in [0.05, 0.1) is 5.02 Å². The monoisotopic (exact) mass is 483 g/mol. The van der Waals surface area contributed by atoms with Gasteiger partial charge >= 0.3 is 0 Å². The Balaban J connectivity index is 1.48. The summed E-state index contributed by atoms with van der Waals surface area (Å²) in [6.07, 6.45) is 1.95. The summed E-state index contributed by atoms with van der Waals surface area (Å²) in [5, 5.41) is 5.60. The molecule has 0 bridgehead atoms. The first-order chi connectivity index (χ1) is 15.8. The molecule has 9 heteroatoms. The maximum atomic E-state index is 12.8. The van der Waals surface area contributed by atoms with E-state index < -0.39 is 15.9 Å². The molecule has 3 N–H and O–H groups in total. The fourth-order valence-corrected chi connectivity index (χ4v) is 4.68. The highest BCUT2D eigenvalue weighted by Crippen LogP contribution is 2.24.